The first-order valence-electron chi connectivity index (χ1n) is 8.13. The van der Waals surface area contributed by atoms with Crippen LogP contribution in [0, 0.1) is 0 Å². The van der Waals surface area contributed by atoms with E-state index in [1.807, 2.05) is 0 Å². The van der Waals surface area contributed by atoms with Gasteiger partial charge in [-0.05, 0) is 29.8 Å². The van der Waals surface area contributed by atoms with Crippen LogP contribution in [0.1, 0.15) is 28.4 Å². The van der Waals surface area contributed by atoms with Gasteiger partial charge in [0.2, 0.25) is 5.91 Å². The number of carbonyl (C=O) groups excluding carboxylic acids is 3. The van der Waals surface area contributed by atoms with E-state index in [1.165, 1.54) is 43.3 Å². The highest BCUT2D eigenvalue weighted by molar-refractivity contribution is 5.94. The second-order valence-electron chi connectivity index (χ2n) is 5.77. The molecule has 148 valence electrons. The molecule has 0 radical (unpaired) electrons. The van der Waals surface area contributed by atoms with Gasteiger partial charge in [0.1, 0.15) is 0 Å². The predicted octanol–water partition coefficient (Wildman–Crippen LogP) is 3.14. The summed E-state index contributed by atoms with van der Waals surface area (Å²) in [5, 5.41) is 4.79. The van der Waals surface area contributed by atoms with Crippen molar-refractivity contribution in [3.8, 4) is 0 Å². The van der Waals surface area contributed by atoms with Gasteiger partial charge in [0.05, 0.1) is 11.1 Å². The highest BCUT2D eigenvalue weighted by Crippen LogP contribution is 2.31. The molecular weight excluding hydrogens is 377 g/mol. The first-order chi connectivity index (χ1) is 13.2. The molecule has 2 aromatic carbocycles. The largest absolute Gasteiger partial charge is 0.452 e. The molecular formula is C19H17F3N2O4. The lowest BCUT2D eigenvalue weighted by molar-refractivity contribution is -0.138. The Labute approximate surface area is 158 Å². The maximum atomic E-state index is 12.9. The smallest absolute Gasteiger partial charge is 0.416 e. The van der Waals surface area contributed by atoms with Crippen LogP contribution in [-0.4, -0.2) is 24.4 Å². The standard InChI is InChI=1S/C19H17F3N2O4/c1-12(25)24-15-7-4-6-13(9-15)18(27)28-11-17(26)23-10-14-5-2-3-8-16(14)19(20,21)22/h2-9H,10-11H2,1H3,(H,23,26)(H,24,25). The molecule has 0 heterocycles. The van der Waals surface area contributed by atoms with Crippen LogP contribution in [-0.2, 0) is 27.0 Å². The van der Waals surface area contributed by atoms with Gasteiger partial charge in [0.25, 0.3) is 5.91 Å². The average molecular weight is 394 g/mol. The van der Waals surface area contributed by atoms with Crippen molar-refractivity contribution in [2.75, 3.05) is 11.9 Å². The molecule has 0 aliphatic heterocycles. The van der Waals surface area contributed by atoms with Gasteiger partial charge in [0.15, 0.2) is 6.61 Å². The second kappa shape index (κ2) is 9.03. The van der Waals surface area contributed by atoms with Gasteiger partial charge in [-0.15, -0.1) is 0 Å². The fourth-order valence-corrected chi connectivity index (χ4v) is 2.34. The number of halogens is 3. The number of ether oxygens (including phenoxy) is 1. The van der Waals surface area contributed by atoms with Crippen LogP contribution < -0.4 is 10.6 Å². The summed E-state index contributed by atoms with van der Waals surface area (Å²) in [5.74, 6) is -1.87. The summed E-state index contributed by atoms with van der Waals surface area (Å²) in [6.45, 7) is 0.299. The number of nitrogens with one attached hydrogen (secondary N) is 2. The van der Waals surface area contributed by atoms with Crippen molar-refractivity contribution >= 4 is 23.5 Å². The van der Waals surface area contributed by atoms with E-state index in [-0.39, 0.29) is 23.6 Å². The van der Waals surface area contributed by atoms with Crippen molar-refractivity contribution in [3.63, 3.8) is 0 Å². The van der Waals surface area contributed by atoms with Gasteiger partial charge < -0.3 is 15.4 Å². The summed E-state index contributed by atoms with van der Waals surface area (Å²) in [6.07, 6.45) is -4.54. The molecule has 0 saturated carbocycles. The number of rotatable bonds is 6. The number of carbonyl (C=O) groups is 3. The van der Waals surface area contributed by atoms with E-state index in [4.69, 9.17) is 4.74 Å². The van der Waals surface area contributed by atoms with E-state index in [0.29, 0.717) is 5.69 Å². The summed E-state index contributed by atoms with van der Waals surface area (Å²) in [5.41, 5.74) is -0.448. The Morgan fingerprint density at radius 3 is 2.43 bits per heavy atom. The van der Waals surface area contributed by atoms with Crippen molar-refractivity contribution in [2.45, 2.75) is 19.6 Å². The van der Waals surface area contributed by atoms with E-state index in [0.717, 1.165) is 6.07 Å². The molecule has 0 aliphatic carbocycles. The van der Waals surface area contributed by atoms with Gasteiger partial charge in [-0.2, -0.15) is 13.2 Å². The molecule has 0 atom stereocenters. The first kappa shape index (κ1) is 20.9. The number of hydrogen-bond donors (Lipinski definition) is 2. The number of anilines is 1. The van der Waals surface area contributed by atoms with Crippen molar-refractivity contribution in [3.05, 3.63) is 65.2 Å². The van der Waals surface area contributed by atoms with Crippen LogP contribution in [0.3, 0.4) is 0 Å². The Bertz CT molecular complexity index is 881. The normalized spacial score (nSPS) is 10.9. The third kappa shape index (κ3) is 6.11. The lowest BCUT2D eigenvalue weighted by Crippen LogP contribution is -2.29. The van der Waals surface area contributed by atoms with Crippen LogP contribution in [0.5, 0.6) is 0 Å². The molecule has 0 fully saturated rings. The third-order valence-corrected chi connectivity index (χ3v) is 3.55. The predicted molar refractivity (Wildman–Crippen MR) is 94.3 cm³/mol. The summed E-state index contributed by atoms with van der Waals surface area (Å²) in [4.78, 5) is 34.8. The highest BCUT2D eigenvalue weighted by atomic mass is 19.4. The van der Waals surface area contributed by atoms with Crippen LogP contribution in [0.2, 0.25) is 0 Å². The SMILES string of the molecule is CC(=O)Nc1cccc(C(=O)OCC(=O)NCc2ccccc2C(F)(F)F)c1. The molecule has 6 nitrogen and oxygen atoms in total. The fourth-order valence-electron chi connectivity index (χ4n) is 2.34. The van der Waals surface area contributed by atoms with Crippen LogP contribution >= 0.6 is 0 Å². The Morgan fingerprint density at radius 2 is 1.75 bits per heavy atom. The summed E-state index contributed by atoms with van der Waals surface area (Å²) in [7, 11) is 0. The van der Waals surface area contributed by atoms with E-state index < -0.39 is 30.2 Å². The molecule has 0 bridgehead atoms. The van der Waals surface area contributed by atoms with Gasteiger partial charge in [-0.3, -0.25) is 9.59 Å². The number of amides is 2. The zero-order chi connectivity index (χ0) is 20.7. The molecule has 0 spiro atoms. The molecule has 0 aliphatic rings. The molecule has 0 saturated heterocycles. The molecule has 2 aromatic rings. The fraction of sp³-hybridized carbons (Fsp3) is 0.211. The monoisotopic (exact) mass is 394 g/mol. The van der Waals surface area contributed by atoms with Crippen molar-refractivity contribution in [1.29, 1.82) is 0 Å². The van der Waals surface area contributed by atoms with Crippen LogP contribution in [0.25, 0.3) is 0 Å². The van der Waals surface area contributed by atoms with Crippen molar-refractivity contribution < 1.29 is 32.3 Å². The van der Waals surface area contributed by atoms with Gasteiger partial charge in [0, 0.05) is 19.2 Å². The lowest BCUT2D eigenvalue weighted by Gasteiger charge is -2.13. The minimum absolute atomic E-state index is 0.0994. The Balaban J connectivity index is 1.90. The maximum absolute atomic E-state index is 12.9. The minimum Gasteiger partial charge on any atom is -0.452 e. The third-order valence-electron chi connectivity index (χ3n) is 3.55. The number of hydrogen-bond acceptors (Lipinski definition) is 4. The summed E-state index contributed by atoms with van der Waals surface area (Å²) >= 11 is 0. The van der Waals surface area contributed by atoms with E-state index in [2.05, 4.69) is 10.6 Å². The van der Waals surface area contributed by atoms with Crippen molar-refractivity contribution in [2.24, 2.45) is 0 Å². The van der Waals surface area contributed by atoms with Crippen LogP contribution in [0.4, 0.5) is 18.9 Å². The number of benzene rings is 2. The van der Waals surface area contributed by atoms with E-state index >= 15 is 0 Å². The molecule has 9 heteroatoms. The number of alkyl halides is 3. The van der Waals surface area contributed by atoms with E-state index in [1.54, 1.807) is 6.07 Å². The molecule has 2 N–H and O–H groups in total. The lowest BCUT2D eigenvalue weighted by atomic mass is 10.1. The quantitative estimate of drug-likeness (QED) is 0.738. The Hall–Kier alpha value is -3.36. The molecule has 0 aromatic heterocycles. The summed E-state index contributed by atoms with van der Waals surface area (Å²) in [6, 6.07) is 10.8. The second-order valence-corrected chi connectivity index (χ2v) is 5.77. The molecule has 2 amide bonds. The number of esters is 1. The topological polar surface area (TPSA) is 84.5 Å². The molecule has 2 rings (SSSR count). The van der Waals surface area contributed by atoms with Gasteiger partial charge in [-0.25, -0.2) is 4.79 Å². The Morgan fingerprint density at radius 1 is 1.04 bits per heavy atom. The van der Waals surface area contributed by atoms with Crippen LogP contribution in [0.15, 0.2) is 48.5 Å². The van der Waals surface area contributed by atoms with Gasteiger partial charge >= 0.3 is 12.1 Å². The summed E-state index contributed by atoms with van der Waals surface area (Å²) < 4.78 is 43.6. The maximum Gasteiger partial charge on any atom is 0.416 e. The van der Waals surface area contributed by atoms with E-state index in [9.17, 15) is 27.6 Å². The minimum atomic E-state index is -4.54. The molecule has 0 unspecified atom stereocenters. The zero-order valence-corrected chi connectivity index (χ0v) is 14.8. The van der Waals surface area contributed by atoms with Crippen molar-refractivity contribution in [1.82, 2.24) is 5.32 Å². The Kier molecular flexibility index (Phi) is 6.75. The first-order valence-corrected chi connectivity index (χ1v) is 8.13. The zero-order valence-electron chi connectivity index (χ0n) is 14.8. The highest BCUT2D eigenvalue weighted by Gasteiger charge is 2.32. The average Bonchev–Trinajstić information content (AvgIpc) is 2.63. The van der Waals surface area contributed by atoms with Gasteiger partial charge in [-0.1, -0.05) is 24.3 Å². The molecule has 28 heavy (non-hydrogen) atoms.